The normalized spacial score (nSPS) is 28.4. The van der Waals surface area contributed by atoms with E-state index in [0.717, 1.165) is 24.9 Å². The number of hydrogen-bond donors (Lipinski definition) is 1. The molecule has 25 heavy (non-hydrogen) atoms. The van der Waals surface area contributed by atoms with Crippen molar-refractivity contribution >= 4 is 16.5 Å². The van der Waals surface area contributed by atoms with E-state index in [9.17, 15) is 5.11 Å². The Morgan fingerprint density at radius 1 is 0.840 bits per heavy atom. The van der Waals surface area contributed by atoms with Crippen LogP contribution in [0.15, 0.2) is 72.8 Å². The van der Waals surface area contributed by atoms with Crippen molar-refractivity contribution in [3.8, 4) is 0 Å². The summed E-state index contributed by atoms with van der Waals surface area (Å²) in [4.78, 5) is 2.44. The van der Waals surface area contributed by atoms with E-state index in [4.69, 9.17) is 0 Å². The molecule has 1 saturated heterocycles. The number of nitrogens with zero attached hydrogens (tertiary/aromatic N) is 1. The van der Waals surface area contributed by atoms with Crippen LogP contribution in [-0.4, -0.2) is 17.7 Å². The van der Waals surface area contributed by atoms with Crippen LogP contribution in [-0.2, 0) is 5.60 Å². The minimum absolute atomic E-state index is 0.177. The number of benzene rings is 3. The molecule has 3 atom stereocenters. The molecule has 3 aromatic rings. The average molecular weight is 329 g/mol. The van der Waals surface area contributed by atoms with Gasteiger partial charge in [0.25, 0.3) is 0 Å². The van der Waals surface area contributed by atoms with E-state index >= 15 is 0 Å². The molecule has 3 aromatic carbocycles. The van der Waals surface area contributed by atoms with Gasteiger partial charge in [0, 0.05) is 12.2 Å². The zero-order valence-electron chi connectivity index (χ0n) is 14.3. The average Bonchev–Trinajstić information content (AvgIpc) is 3.24. The fraction of sp³-hybridized carbons (Fsp3) is 0.304. The van der Waals surface area contributed by atoms with E-state index < -0.39 is 5.60 Å². The summed E-state index contributed by atoms with van der Waals surface area (Å²) in [6.45, 7) is 1.04. The summed E-state index contributed by atoms with van der Waals surface area (Å²) in [6.07, 6.45) is 3.14. The number of para-hydroxylation sites is 1. The van der Waals surface area contributed by atoms with Crippen LogP contribution in [0.5, 0.6) is 0 Å². The van der Waals surface area contributed by atoms with E-state index in [2.05, 4.69) is 77.7 Å². The van der Waals surface area contributed by atoms with Crippen LogP contribution < -0.4 is 4.90 Å². The molecule has 126 valence electrons. The molecule has 1 N–H and O–H groups in total. The minimum Gasteiger partial charge on any atom is -0.383 e. The molecule has 2 fully saturated rings. The molecule has 0 radical (unpaired) electrons. The van der Waals surface area contributed by atoms with E-state index in [1.165, 1.54) is 22.9 Å². The number of anilines is 1. The van der Waals surface area contributed by atoms with Gasteiger partial charge in [-0.2, -0.15) is 0 Å². The lowest BCUT2D eigenvalue weighted by Crippen LogP contribution is -2.46. The quantitative estimate of drug-likeness (QED) is 0.735. The minimum atomic E-state index is -0.763. The molecule has 0 bridgehead atoms. The molecule has 2 aliphatic rings. The summed E-state index contributed by atoms with van der Waals surface area (Å²) in [6, 6.07) is 25.6. The van der Waals surface area contributed by atoms with Crippen molar-refractivity contribution in [3.05, 3.63) is 78.4 Å². The van der Waals surface area contributed by atoms with Gasteiger partial charge in [-0.3, -0.25) is 0 Å². The Balaban J connectivity index is 1.59. The highest BCUT2D eigenvalue weighted by atomic mass is 16.3. The Morgan fingerprint density at radius 3 is 2.44 bits per heavy atom. The van der Waals surface area contributed by atoms with Crippen molar-refractivity contribution in [3.63, 3.8) is 0 Å². The second-order valence-electron chi connectivity index (χ2n) is 7.55. The number of hydrogen-bond acceptors (Lipinski definition) is 2. The zero-order valence-corrected chi connectivity index (χ0v) is 14.3. The second-order valence-corrected chi connectivity index (χ2v) is 7.55. The standard InChI is InChI=1S/C23H23NO/c25-23(20-11-10-17-6-4-5-7-19(17)16-20)14-12-18-13-15-24(22(18)23)21-8-2-1-3-9-21/h1-11,16,18,22,25H,12-15H2/t18-,22+,23+/m1/s1. The first kappa shape index (κ1) is 15.0. The first-order chi connectivity index (χ1) is 12.3. The van der Waals surface area contributed by atoms with Crippen LogP contribution >= 0.6 is 0 Å². The van der Waals surface area contributed by atoms with E-state index in [1.54, 1.807) is 0 Å². The van der Waals surface area contributed by atoms with Crippen LogP contribution in [0.2, 0.25) is 0 Å². The van der Waals surface area contributed by atoms with E-state index in [1.807, 2.05) is 0 Å². The molecule has 5 rings (SSSR count). The molecule has 1 saturated carbocycles. The van der Waals surface area contributed by atoms with Crippen LogP contribution in [0.25, 0.3) is 10.8 Å². The summed E-state index contributed by atoms with van der Waals surface area (Å²) in [7, 11) is 0. The van der Waals surface area contributed by atoms with Crippen molar-refractivity contribution in [1.29, 1.82) is 0 Å². The Labute approximate surface area is 148 Å². The topological polar surface area (TPSA) is 23.5 Å². The third kappa shape index (κ3) is 2.28. The smallest absolute Gasteiger partial charge is 0.110 e. The maximum absolute atomic E-state index is 11.8. The molecule has 0 spiro atoms. The van der Waals surface area contributed by atoms with Crippen molar-refractivity contribution in [2.45, 2.75) is 30.9 Å². The highest BCUT2D eigenvalue weighted by Gasteiger charge is 2.54. The van der Waals surface area contributed by atoms with Crippen molar-refractivity contribution in [1.82, 2.24) is 0 Å². The first-order valence-corrected chi connectivity index (χ1v) is 9.29. The first-order valence-electron chi connectivity index (χ1n) is 9.29. The van der Waals surface area contributed by atoms with Gasteiger partial charge in [-0.1, -0.05) is 54.6 Å². The monoisotopic (exact) mass is 329 g/mol. The van der Waals surface area contributed by atoms with Crippen LogP contribution in [0, 0.1) is 5.92 Å². The van der Waals surface area contributed by atoms with Gasteiger partial charge < -0.3 is 10.0 Å². The van der Waals surface area contributed by atoms with Gasteiger partial charge in [-0.15, -0.1) is 0 Å². The Morgan fingerprint density at radius 2 is 1.60 bits per heavy atom. The van der Waals surface area contributed by atoms with Crippen molar-refractivity contribution < 1.29 is 5.11 Å². The lowest BCUT2D eigenvalue weighted by molar-refractivity contribution is 0.0250. The fourth-order valence-corrected chi connectivity index (χ4v) is 5.04. The predicted octanol–water partition coefficient (Wildman–Crippen LogP) is 4.72. The van der Waals surface area contributed by atoms with Gasteiger partial charge in [0.05, 0.1) is 6.04 Å². The molecule has 0 aromatic heterocycles. The molecular weight excluding hydrogens is 306 g/mol. The third-order valence-corrected chi connectivity index (χ3v) is 6.25. The molecule has 2 nitrogen and oxygen atoms in total. The second kappa shape index (κ2) is 5.60. The molecule has 0 amide bonds. The fourth-order valence-electron chi connectivity index (χ4n) is 5.04. The van der Waals surface area contributed by atoms with Crippen molar-refractivity contribution in [2.24, 2.45) is 5.92 Å². The van der Waals surface area contributed by atoms with Gasteiger partial charge in [0.2, 0.25) is 0 Å². The van der Waals surface area contributed by atoms with Gasteiger partial charge in [0.1, 0.15) is 5.60 Å². The highest BCUT2D eigenvalue weighted by molar-refractivity contribution is 5.83. The predicted molar refractivity (Wildman–Crippen MR) is 103 cm³/mol. The summed E-state index contributed by atoms with van der Waals surface area (Å²) in [5.74, 6) is 0.580. The molecular formula is C23H23NO. The van der Waals surface area contributed by atoms with E-state index in [0.29, 0.717) is 5.92 Å². The highest BCUT2D eigenvalue weighted by Crippen LogP contribution is 2.51. The number of aliphatic hydroxyl groups is 1. The van der Waals surface area contributed by atoms with Gasteiger partial charge >= 0.3 is 0 Å². The van der Waals surface area contributed by atoms with Crippen LogP contribution in [0.4, 0.5) is 5.69 Å². The Kier molecular flexibility index (Phi) is 3.36. The zero-order chi connectivity index (χ0) is 16.9. The summed E-state index contributed by atoms with van der Waals surface area (Å²) in [5, 5.41) is 14.2. The molecule has 2 heteroatoms. The largest absolute Gasteiger partial charge is 0.383 e. The van der Waals surface area contributed by atoms with Gasteiger partial charge in [0.15, 0.2) is 0 Å². The van der Waals surface area contributed by atoms with Crippen molar-refractivity contribution in [2.75, 3.05) is 11.4 Å². The lowest BCUT2D eigenvalue weighted by atomic mass is 9.85. The van der Waals surface area contributed by atoms with Crippen LogP contribution in [0.1, 0.15) is 24.8 Å². The lowest BCUT2D eigenvalue weighted by Gasteiger charge is -2.38. The summed E-state index contributed by atoms with van der Waals surface area (Å²) >= 11 is 0. The molecule has 0 unspecified atom stereocenters. The number of rotatable bonds is 2. The van der Waals surface area contributed by atoms with Gasteiger partial charge in [-0.25, -0.2) is 0 Å². The summed E-state index contributed by atoms with van der Waals surface area (Å²) in [5.41, 5.74) is 1.54. The maximum atomic E-state index is 11.8. The SMILES string of the molecule is O[C@]1(c2ccc3ccccc3c2)CC[C@@H]2CCN(c3ccccc3)[C@@H]21. The third-order valence-electron chi connectivity index (χ3n) is 6.25. The Hall–Kier alpha value is -2.32. The van der Waals surface area contributed by atoms with Gasteiger partial charge in [-0.05, 0) is 59.7 Å². The van der Waals surface area contributed by atoms with Crippen LogP contribution in [0.3, 0.4) is 0 Å². The Bertz CT molecular complexity index is 906. The molecule has 1 aliphatic heterocycles. The summed E-state index contributed by atoms with van der Waals surface area (Å²) < 4.78 is 0. The van der Waals surface area contributed by atoms with E-state index in [-0.39, 0.29) is 6.04 Å². The maximum Gasteiger partial charge on any atom is 0.110 e. The molecule has 1 aliphatic carbocycles. The molecule has 1 heterocycles. The number of fused-ring (bicyclic) bond motifs is 2.